The molecule has 1 unspecified atom stereocenters. The van der Waals surface area contributed by atoms with Crippen LogP contribution < -0.4 is 16.4 Å². The fourth-order valence-corrected chi connectivity index (χ4v) is 1.66. The molecule has 0 aromatic rings. The molecule has 96 valence electrons. The van der Waals surface area contributed by atoms with Gasteiger partial charge in [-0.1, -0.05) is 19.8 Å². The summed E-state index contributed by atoms with van der Waals surface area (Å²) in [4.78, 5) is 11.5. The van der Waals surface area contributed by atoms with E-state index in [1.54, 1.807) is 0 Å². The summed E-state index contributed by atoms with van der Waals surface area (Å²) >= 11 is 0. The molecule has 4 heteroatoms. The smallest absolute Gasteiger partial charge is 0.315 e. The third-order valence-electron chi connectivity index (χ3n) is 2.57. The van der Waals surface area contributed by atoms with Crippen molar-refractivity contribution < 1.29 is 4.79 Å². The molecule has 0 aromatic carbocycles. The highest BCUT2D eigenvalue weighted by Gasteiger charge is 2.09. The Hall–Kier alpha value is -0.770. The number of nitrogens with two attached hydrogens (primary N) is 1. The Bertz CT molecular complexity index is 185. The van der Waals surface area contributed by atoms with Gasteiger partial charge in [0.1, 0.15) is 0 Å². The molecule has 0 aliphatic carbocycles. The number of carbonyl (C=O) groups excluding carboxylic acids is 1. The van der Waals surface area contributed by atoms with Crippen molar-refractivity contribution in [1.82, 2.24) is 10.6 Å². The summed E-state index contributed by atoms with van der Waals surface area (Å²) in [6.45, 7) is 6.90. The van der Waals surface area contributed by atoms with Crippen LogP contribution in [0.2, 0.25) is 0 Å². The third kappa shape index (κ3) is 8.53. The normalized spacial score (nSPS) is 14.2. The monoisotopic (exact) mass is 229 g/mol. The molecule has 0 radical (unpaired) electrons. The van der Waals surface area contributed by atoms with E-state index in [1.807, 2.05) is 13.8 Å². The van der Waals surface area contributed by atoms with Gasteiger partial charge >= 0.3 is 6.03 Å². The van der Waals surface area contributed by atoms with Gasteiger partial charge in [0, 0.05) is 12.1 Å². The molecule has 2 amide bonds. The molecule has 0 bridgehead atoms. The van der Waals surface area contributed by atoms with Crippen LogP contribution in [0, 0.1) is 0 Å². The minimum absolute atomic E-state index is 0.0544. The molecular formula is C12H27N3O. The average Bonchev–Trinajstić information content (AvgIpc) is 2.17. The Balaban J connectivity index is 3.61. The lowest BCUT2D eigenvalue weighted by Crippen LogP contribution is -2.44. The Labute approximate surface area is 99.4 Å². The second-order valence-corrected chi connectivity index (χ2v) is 4.49. The highest BCUT2D eigenvalue weighted by Crippen LogP contribution is 1.99. The molecular weight excluding hydrogens is 202 g/mol. The highest BCUT2D eigenvalue weighted by atomic mass is 16.2. The van der Waals surface area contributed by atoms with Crippen molar-refractivity contribution in [2.24, 2.45) is 5.73 Å². The lowest BCUT2D eigenvalue weighted by molar-refractivity contribution is 0.233. The van der Waals surface area contributed by atoms with Crippen molar-refractivity contribution in [2.75, 3.05) is 6.54 Å². The molecule has 4 N–H and O–H groups in total. The maximum Gasteiger partial charge on any atom is 0.315 e. The van der Waals surface area contributed by atoms with Gasteiger partial charge in [-0.05, 0) is 39.7 Å². The number of carbonyl (C=O) groups is 1. The van der Waals surface area contributed by atoms with E-state index in [-0.39, 0.29) is 18.1 Å². The average molecular weight is 229 g/mol. The van der Waals surface area contributed by atoms with Crippen molar-refractivity contribution in [3.63, 3.8) is 0 Å². The van der Waals surface area contributed by atoms with E-state index in [4.69, 9.17) is 5.73 Å². The molecule has 2 atom stereocenters. The molecule has 0 heterocycles. The van der Waals surface area contributed by atoms with Crippen LogP contribution in [-0.2, 0) is 0 Å². The van der Waals surface area contributed by atoms with Crippen LogP contribution >= 0.6 is 0 Å². The third-order valence-corrected chi connectivity index (χ3v) is 2.57. The van der Waals surface area contributed by atoms with E-state index < -0.39 is 0 Å². The van der Waals surface area contributed by atoms with Gasteiger partial charge in [-0.25, -0.2) is 4.79 Å². The molecule has 0 rings (SSSR count). The van der Waals surface area contributed by atoms with Crippen molar-refractivity contribution in [1.29, 1.82) is 0 Å². The Morgan fingerprint density at radius 2 is 1.69 bits per heavy atom. The molecule has 0 saturated heterocycles. The lowest BCUT2D eigenvalue weighted by atomic mass is 10.1. The fraction of sp³-hybridized carbons (Fsp3) is 0.917. The zero-order valence-corrected chi connectivity index (χ0v) is 10.9. The van der Waals surface area contributed by atoms with Gasteiger partial charge in [-0.2, -0.15) is 0 Å². The minimum Gasteiger partial charge on any atom is -0.336 e. The summed E-state index contributed by atoms with van der Waals surface area (Å²) in [5.41, 5.74) is 5.42. The van der Waals surface area contributed by atoms with Gasteiger partial charge in [0.15, 0.2) is 0 Å². The zero-order chi connectivity index (χ0) is 12.4. The largest absolute Gasteiger partial charge is 0.336 e. The molecule has 16 heavy (non-hydrogen) atoms. The summed E-state index contributed by atoms with van der Waals surface area (Å²) in [6.07, 6.45) is 5.21. The number of unbranched alkanes of at least 4 members (excludes halogenated alkanes) is 1. The molecule has 0 aromatic heterocycles. The lowest BCUT2D eigenvalue weighted by Gasteiger charge is -2.17. The predicted octanol–water partition coefficient (Wildman–Crippen LogP) is 1.99. The van der Waals surface area contributed by atoms with Crippen LogP contribution in [0.15, 0.2) is 0 Å². The highest BCUT2D eigenvalue weighted by molar-refractivity contribution is 5.74. The SMILES string of the molecule is CCC[C@@H](C)NC(=O)NC(C)CCCCN. The topological polar surface area (TPSA) is 67.2 Å². The van der Waals surface area contributed by atoms with E-state index in [1.165, 1.54) is 0 Å². The maximum absolute atomic E-state index is 11.5. The van der Waals surface area contributed by atoms with Gasteiger partial charge in [0.25, 0.3) is 0 Å². The van der Waals surface area contributed by atoms with E-state index in [2.05, 4.69) is 17.6 Å². The number of nitrogens with one attached hydrogen (secondary N) is 2. The van der Waals surface area contributed by atoms with Crippen LogP contribution in [0.4, 0.5) is 4.79 Å². The summed E-state index contributed by atoms with van der Waals surface area (Å²) < 4.78 is 0. The van der Waals surface area contributed by atoms with Gasteiger partial charge < -0.3 is 16.4 Å². The number of hydrogen-bond donors (Lipinski definition) is 3. The van der Waals surface area contributed by atoms with Gasteiger partial charge in [0.05, 0.1) is 0 Å². The van der Waals surface area contributed by atoms with Crippen molar-refractivity contribution in [2.45, 2.75) is 65.0 Å². The summed E-state index contributed by atoms with van der Waals surface area (Å²) in [6, 6.07) is 0.419. The van der Waals surface area contributed by atoms with Gasteiger partial charge in [0.2, 0.25) is 0 Å². The Morgan fingerprint density at radius 3 is 2.19 bits per heavy atom. The number of urea groups is 1. The number of rotatable bonds is 8. The number of amides is 2. The first-order chi connectivity index (χ1) is 7.60. The summed E-state index contributed by atoms with van der Waals surface area (Å²) in [5, 5.41) is 5.86. The van der Waals surface area contributed by atoms with Gasteiger partial charge in [-0.3, -0.25) is 0 Å². The summed E-state index contributed by atoms with van der Waals surface area (Å²) in [7, 11) is 0. The Morgan fingerprint density at radius 1 is 1.12 bits per heavy atom. The quantitative estimate of drug-likeness (QED) is 0.557. The molecule has 0 aliphatic rings. The van der Waals surface area contributed by atoms with Crippen LogP contribution in [0.25, 0.3) is 0 Å². The van der Waals surface area contributed by atoms with Crippen LogP contribution in [0.1, 0.15) is 52.9 Å². The van der Waals surface area contributed by atoms with Gasteiger partial charge in [-0.15, -0.1) is 0 Å². The van der Waals surface area contributed by atoms with E-state index in [9.17, 15) is 4.79 Å². The first kappa shape index (κ1) is 15.2. The van der Waals surface area contributed by atoms with Crippen molar-refractivity contribution in [3.05, 3.63) is 0 Å². The van der Waals surface area contributed by atoms with Crippen LogP contribution in [0.3, 0.4) is 0 Å². The summed E-state index contributed by atoms with van der Waals surface area (Å²) in [5.74, 6) is 0. The minimum atomic E-state index is -0.0544. The first-order valence-corrected chi connectivity index (χ1v) is 6.37. The molecule has 0 spiro atoms. The van der Waals surface area contributed by atoms with E-state index in [0.29, 0.717) is 0 Å². The molecule has 0 saturated carbocycles. The van der Waals surface area contributed by atoms with Crippen LogP contribution in [-0.4, -0.2) is 24.7 Å². The molecule has 0 fully saturated rings. The maximum atomic E-state index is 11.5. The van der Waals surface area contributed by atoms with E-state index >= 15 is 0 Å². The molecule has 0 aliphatic heterocycles. The number of hydrogen-bond acceptors (Lipinski definition) is 2. The predicted molar refractivity (Wildman–Crippen MR) is 68.4 cm³/mol. The van der Waals surface area contributed by atoms with Crippen molar-refractivity contribution >= 4 is 6.03 Å². The van der Waals surface area contributed by atoms with E-state index in [0.717, 1.165) is 38.6 Å². The second-order valence-electron chi connectivity index (χ2n) is 4.49. The first-order valence-electron chi connectivity index (χ1n) is 6.37. The fourth-order valence-electron chi connectivity index (χ4n) is 1.66. The Kier molecular flexibility index (Phi) is 9.00. The van der Waals surface area contributed by atoms with Crippen molar-refractivity contribution in [3.8, 4) is 0 Å². The van der Waals surface area contributed by atoms with Crippen LogP contribution in [0.5, 0.6) is 0 Å². The standard InChI is InChI=1S/C12H27N3O/c1-4-7-10(2)14-12(16)15-11(3)8-5-6-9-13/h10-11H,4-9,13H2,1-3H3,(H2,14,15,16)/t10-,11?/m1/s1. The zero-order valence-electron chi connectivity index (χ0n) is 10.9. The second kappa shape index (κ2) is 9.46. The molecule has 4 nitrogen and oxygen atoms in total.